The van der Waals surface area contributed by atoms with Crippen molar-refractivity contribution in [1.29, 1.82) is 5.26 Å². The summed E-state index contributed by atoms with van der Waals surface area (Å²) in [5.74, 6) is -0.939. The molecule has 0 saturated carbocycles. The van der Waals surface area contributed by atoms with Gasteiger partial charge in [-0.3, -0.25) is 0 Å². The van der Waals surface area contributed by atoms with Crippen LogP contribution in [0.25, 0.3) is 0 Å². The second kappa shape index (κ2) is 4.44. The molecule has 0 unspecified atom stereocenters. The molecule has 5 heteroatoms. The standard InChI is InChI=1S/C10H10N2O3/c1-15-8-3-2-6(4-11)7(5-12)9(8)10(13)14/h2-3H,5,12H2,1H3,(H,13,14). The highest BCUT2D eigenvalue weighted by molar-refractivity contribution is 5.93. The van der Waals surface area contributed by atoms with E-state index in [0.717, 1.165) is 0 Å². The van der Waals surface area contributed by atoms with Gasteiger partial charge in [0.25, 0.3) is 0 Å². The van der Waals surface area contributed by atoms with Crippen molar-refractivity contribution in [2.45, 2.75) is 6.54 Å². The lowest BCUT2D eigenvalue weighted by molar-refractivity contribution is 0.0692. The van der Waals surface area contributed by atoms with Crippen LogP contribution in [0.15, 0.2) is 12.1 Å². The number of carbonyl (C=O) groups is 1. The maximum absolute atomic E-state index is 11.0. The summed E-state index contributed by atoms with van der Waals surface area (Å²) in [6, 6.07) is 4.83. The van der Waals surface area contributed by atoms with E-state index in [1.54, 1.807) is 0 Å². The number of methoxy groups -OCH3 is 1. The summed E-state index contributed by atoms with van der Waals surface area (Å²) < 4.78 is 4.90. The van der Waals surface area contributed by atoms with Crippen LogP contribution in [0.1, 0.15) is 21.5 Å². The van der Waals surface area contributed by atoms with Crippen LogP contribution in [0.5, 0.6) is 5.75 Å². The molecule has 0 heterocycles. The first-order chi connectivity index (χ1) is 7.15. The number of hydrogen-bond acceptors (Lipinski definition) is 4. The summed E-state index contributed by atoms with van der Waals surface area (Å²) in [6.45, 7) is -0.0122. The number of carboxylic acid groups (broad SMARTS) is 1. The van der Waals surface area contributed by atoms with Crippen LogP contribution in [0.4, 0.5) is 0 Å². The first-order valence-corrected chi connectivity index (χ1v) is 4.19. The highest BCUT2D eigenvalue weighted by Gasteiger charge is 2.18. The van der Waals surface area contributed by atoms with Gasteiger partial charge in [-0.05, 0) is 12.1 Å². The molecule has 0 spiro atoms. The smallest absolute Gasteiger partial charge is 0.339 e. The van der Waals surface area contributed by atoms with E-state index in [4.69, 9.17) is 20.8 Å². The minimum Gasteiger partial charge on any atom is -0.496 e. The van der Waals surface area contributed by atoms with Crippen LogP contribution in [-0.2, 0) is 6.54 Å². The fourth-order valence-electron chi connectivity index (χ4n) is 1.35. The van der Waals surface area contributed by atoms with Gasteiger partial charge in [-0.2, -0.15) is 5.26 Å². The van der Waals surface area contributed by atoms with Gasteiger partial charge >= 0.3 is 5.97 Å². The number of hydrogen-bond donors (Lipinski definition) is 2. The van der Waals surface area contributed by atoms with E-state index >= 15 is 0 Å². The van der Waals surface area contributed by atoms with E-state index in [1.165, 1.54) is 19.2 Å². The molecular formula is C10H10N2O3. The number of nitriles is 1. The predicted octanol–water partition coefficient (Wildman–Crippen LogP) is 0.724. The second-order valence-corrected chi connectivity index (χ2v) is 2.79. The summed E-state index contributed by atoms with van der Waals surface area (Å²) >= 11 is 0. The number of carboxylic acids is 1. The van der Waals surface area contributed by atoms with Crippen LogP contribution in [0.2, 0.25) is 0 Å². The summed E-state index contributed by atoms with van der Waals surface area (Å²) in [6.07, 6.45) is 0. The maximum Gasteiger partial charge on any atom is 0.339 e. The molecular weight excluding hydrogens is 196 g/mol. The van der Waals surface area contributed by atoms with E-state index in [0.29, 0.717) is 5.56 Å². The minimum absolute atomic E-state index is 0.0122. The van der Waals surface area contributed by atoms with Gasteiger partial charge in [0.15, 0.2) is 0 Å². The van der Waals surface area contributed by atoms with Crippen molar-refractivity contribution in [3.63, 3.8) is 0 Å². The minimum atomic E-state index is -1.15. The molecule has 0 atom stereocenters. The highest BCUT2D eigenvalue weighted by Crippen LogP contribution is 2.25. The van der Waals surface area contributed by atoms with Crippen LogP contribution in [0, 0.1) is 11.3 Å². The zero-order valence-corrected chi connectivity index (χ0v) is 8.15. The summed E-state index contributed by atoms with van der Waals surface area (Å²) in [7, 11) is 1.37. The number of aromatic carboxylic acids is 1. The largest absolute Gasteiger partial charge is 0.496 e. The van der Waals surface area contributed by atoms with E-state index < -0.39 is 5.97 Å². The normalized spacial score (nSPS) is 9.40. The Labute approximate surface area is 86.7 Å². The quantitative estimate of drug-likeness (QED) is 0.759. The average molecular weight is 206 g/mol. The third-order valence-corrected chi connectivity index (χ3v) is 2.03. The Balaban J connectivity index is 3.53. The molecule has 1 rings (SSSR count). The average Bonchev–Trinajstić information content (AvgIpc) is 2.26. The number of rotatable bonds is 3. The van der Waals surface area contributed by atoms with Crippen molar-refractivity contribution >= 4 is 5.97 Å². The summed E-state index contributed by atoms with van der Waals surface area (Å²) in [4.78, 5) is 11.0. The Hall–Kier alpha value is -2.06. The first kappa shape index (κ1) is 11.0. The lowest BCUT2D eigenvalue weighted by Crippen LogP contribution is -2.11. The van der Waals surface area contributed by atoms with E-state index in [9.17, 15) is 4.79 Å². The third kappa shape index (κ3) is 1.90. The molecule has 0 fully saturated rings. The molecule has 0 saturated heterocycles. The van der Waals surface area contributed by atoms with Crippen LogP contribution in [0.3, 0.4) is 0 Å². The number of ether oxygens (including phenoxy) is 1. The molecule has 0 bridgehead atoms. The van der Waals surface area contributed by atoms with E-state index in [2.05, 4.69) is 0 Å². The maximum atomic E-state index is 11.0. The molecule has 1 aromatic carbocycles. The number of nitrogens with two attached hydrogens (primary N) is 1. The van der Waals surface area contributed by atoms with Crippen molar-refractivity contribution in [3.8, 4) is 11.8 Å². The van der Waals surface area contributed by atoms with Gasteiger partial charge < -0.3 is 15.6 Å². The van der Waals surface area contributed by atoms with Gasteiger partial charge in [0, 0.05) is 12.1 Å². The summed E-state index contributed by atoms with van der Waals surface area (Å²) in [5.41, 5.74) is 5.93. The Morgan fingerprint density at radius 1 is 1.67 bits per heavy atom. The number of nitrogens with zero attached hydrogens (tertiary/aromatic N) is 1. The van der Waals surface area contributed by atoms with E-state index in [-0.39, 0.29) is 23.4 Å². The lowest BCUT2D eigenvalue weighted by atomic mass is 10.0. The van der Waals surface area contributed by atoms with Gasteiger partial charge in [0.2, 0.25) is 0 Å². The fourth-order valence-corrected chi connectivity index (χ4v) is 1.35. The second-order valence-electron chi connectivity index (χ2n) is 2.79. The number of benzene rings is 1. The Kier molecular flexibility index (Phi) is 3.26. The Morgan fingerprint density at radius 2 is 2.33 bits per heavy atom. The zero-order chi connectivity index (χ0) is 11.4. The molecule has 78 valence electrons. The third-order valence-electron chi connectivity index (χ3n) is 2.03. The van der Waals surface area contributed by atoms with Crippen molar-refractivity contribution in [2.24, 2.45) is 5.73 Å². The van der Waals surface area contributed by atoms with Crippen molar-refractivity contribution in [1.82, 2.24) is 0 Å². The molecule has 0 amide bonds. The molecule has 3 N–H and O–H groups in total. The van der Waals surface area contributed by atoms with Gasteiger partial charge in [-0.15, -0.1) is 0 Å². The summed E-state index contributed by atoms with van der Waals surface area (Å²) in [5, 5.41) is 17.8. The highest BCUT2D eigenvalue weighted by atomic mass is 16.5. The van der Waals surface area contributed by atoms with Crippen LogP contribution in [-0.4, -0.2) is 18.2 Å². The predicted molar refractivity (Wildman–Crippen MR) is 52.6 cm³/mol. The monoisotopic (exact) mass is 206 g/mol. The first-order valence-electron chi connectivity index (χ1n) is 4.19. The SMILES string of the molecule is COc1ccc(C#N)c(CN)c1C(=O)O. The fraction of sp³-hybridized carbons (Fsp3) is 0.200. The molecule has 1 aromatic rings. The van der Waals surface area contributed by atoms with Crippen molar-refractivity contribution in [3.05, 3.63) is 28.8 Å². The van der Waals surface area contributed by atoms with Gasteiger partial charge in [0.05, 0.1) is 18.7 Å². The molecule has 0 aromatic heterocycles. The molecule has 15 heavy (non-hydrogen) atoms. The Morgan fingerprint density at radius 3 is 2.73 bits per heavy atom. The lowest BCUT2D eigenvalue weighted by Gasteiger charge is -2.10. The van der Waals surface area contributed by atoms with Crippen LogP contribution < -0.4 is 10.5 Å². The molecule has 0 aliphatic carbocycles. The molecule has 0 radical (unpaired) electrons. The molecule has 0 aliphatic rings. The molecule has 0 aliphatic heterocycles. The topological polar surface area (TPSA) is 96.3 Å². The zero-order valence-electron chi connectivity index (χ0n) is 8.15. The Bertz CT molecular complexity index is 435. The van der Waals surface area contributed by atoms with Gasteiger partial charge in [0.1, 0.15) is 11.3 Å². The van der Waals surface area contributed by atoms with Crippen molar-refractivity contribution < 1.29 is 14.6 Å². The van der Waals surface area contributed by atoms with E-state index in [1.807, 2.05) is 6.07 Å². The van der Waals surface area contributed by atoms with Crippen LogP contribution >= 0.6 is 0 Å². The van der Waals surface area contributed by atoms with Crippen molar-refractivity contribution in [2.75, 3.05) is 7.11 Å². The molecule has 5 nitrogen and oxygen atoms in total. The van der Waals surface area contributed by atoms with Gasteiger partial charge in [-0.1, -0.05) is 0 Å². The van der Waals surface area contributed by atoms with Gasteiger partial charge in [-0.25, -0.2) is 4.79 Å².